The summed E-state index contributed by atoms with van der Waals surface area (Å²) in [5.74, 6) is -1.73. The lowest BCUT2D eigenvalue weighted by Crippen LogP contribution is -2.21. The number of amides is 2. The minimum atomic E-state index is -0.557. The SMILES string of the molecule is COC(=O)c1ccc(NC(=O)CCCC(=O)OCC(=O)Nc2cccc3ccccc23)cc1. The van der Waals surface area contributed by atoms with Crippen LogP contribution in [0.4, 0.5) is 11.4 Å². The highest BCUT2D eigenvalue weighted by molar-refractivity contribution is 6.02. The third-order valence-corrected chi connectivity index (χ3v) is 4.80. The molecule has 0 heterocycles. The number of nitrogens with one attached hydrogen (secondary N) is 2. The first kappa shape index (κ1) is 23.5. The second-order valence-electron chi connectivity index (χ2n) is 7.21. The maximum Gasteiger partial charge on any atom is 0.337 e. The van der Waals surface area contributed by atoms with Crippen LogP contribution >= 0.6 is 0 Å². The Hall–Kier alpha value is -4.20. The summed E-state index contributed by atoms with van der Waals surface area (Å²) in [6.07, 6.45) is 0.391. The highest BCUT2D eigenvalue weighted by Gasteiger charge is 2.11. The second-order valence-corrected chi connectivity index (χ2v) is 7.21. The molecule has 0 aliphatic rings. The highest BCUT2D eigenvalue weighted by Crippen LogP contribution is 2.22. The van der Waals surface area contributed by atoms with Crippen molar-refractivity contribution in [1.82, 2.24) is 0 Å². The molecule has 8 nitrogen and oxygen atoms in total. The maximum absolute atomic E-state index is 12.1. The maximum atomic E-state index is 12.1. The van der Waals surface area contributed by atoms with Gasteiger partial charge in [-0.3, -0.25) is 14.4 Å². The van der Waals surface area contributed by atoms with Gasteiger partial charge in [-0.25, -0.2) is 4.79 Å². The molecule has 170 valence electrons. The molecule has 2 amide bonds. The van der Waals surface area contributed by atoms with E-state index in [1.807, 2.05) is 36.4 Å². The number of hydrogen-bond donors (Lipinski definition) is 2. The summed E-state index contributed by atoms with van der Waals surface area (Å²) in [6.45, 7) is -0.402. The minimum Gasteiger partial charge on any atom is -0.465 e. The van der Waals surface area contributed by atoms with Crippen molar-refractivity contribution < 1.29 is 28.7 Å². The number of methoxy groups -OCH3 is 1. The fourth-order valence-electron chi connectivity index (χ4n) is 3.16. The molecule has 0 unspecified atom stereocenters. The van der Waals surface area contributed by atoms with Gasteiger partial charge >= 0.3 is 11.9 Å². The Morgan fingerprint density at radius 1 is 0.788 bits per heavy atom. The third kappa shape index (κ3) is 6.90. The van der Waals surface area contributed by atoms with E-state index in [4.69, 9.17) is 4.74 Å². The van der Waals surface area contributed by atoms with Crippen LogP contribution in [0.3, 0.4) is 0 Å². The van der Waals surface area contributed by atoms with Crippen LogP contribution in [0.5, 0.6) is 0 Å². The zero-order valence-corrected chi connectivity index (χ0v) is 18.1. The molecule has 0 saturated carbocycles. The fraction of sp³-hybridized carbons (Fsp3) is 0.200. The number of hydrogen-bond acceptors (Lipinski definition) is 6. The Morgan fingerprint density at radius 2 is 1.52 bits per heavy atom. The number of fused-ring (bicyclic) bond motifs is 1. The average Bonchev–Trinajstić information content (AvgIpc) is 2.83. The summed E-state index contributed by atoms with van der Waals surface area (Å²) in [6, 6.07) is 19.5. The smallest absolute Gasteiger partial charge is 0.337 e. The molecule has 0 aliphatic heterocycles. The van der Waals surface area contributed by atoms with Gasteiger partial charge in [-0.15, -0.1) is 0 Å². The van der Waals surface area contributed by atoms with Gasteiger partial charge in [-0.2, -0.15) is 0 Å². The first-order chi connectivity index (χ1) is 16.0. The first-order valence-electron chi connectivity index (χ1n) is 10.4. The first-order valence-corrected chi connectivity index (χ1v) is 10.4. The summed E-state index contributed by atoms with van der Waals surface area (Å²) in [4.78, 5) is 47.5. The van der Waals surface area contributed by atoms with E-state index in [-0.39, 0.29) is 25.2 Å². The molecule has 2 N–H and O–H groups in total. The molecule has 3 aromatic rings. The van der Waals surface area contributed by atoms with E-state index in [0.717, 1.165) is 10.8 Å². The molecule has 0 radical (unpaired) electrons. The van der Waals surface area contributed by atoms with Crippen molar-refractivity contribution in [3.05, 3.63) is 72.3 Å². The number of ether oxygens (including phenoxy) is 2. The summed E-state index contributed by atoms with van der Waals surface area (Å²) < 4.78 is 9.63. The Labute approximate surface area is 190 Å². The summed E-state index contributed by atoms with van der Waals surface area (Å²) >= 11 is 0. The van der Waals surface area contributed by atoms with Gasteiger partial charge in [0.1, 0.15) is 0 Å². The third-order valence-electron chi connectivity index (χ3n) is 4.80. The Kier molecular flexibility index (Phi) is 8.13. The van der Waals surface area contributed by atoms with Gasteiger partial charge < -0.3 is 20.1 Å². The van der Waals surface area contributed by atoms with Crippen LogP contribution in [-0.2, 0) is 23.9 Å². The molecule has 3 rings (SSSR count). The van der Waals surface area contributed by atoms with Crippen molar-refractivity contribution >= 4 is 45.9 Å². The average molecular weight is 448 g/mol. The Morgan fingerprint density at radius 3 is 2.27 bits per heavy atom. The zero-order valence-electron chi connectivity index (χ0n) is 18.1. The lowest BCUT2D eigenvalue weighted by Gasteiger charge is -2.09. The Bertz CT molecular complexity index is 1150. The number of carbonyl (C=O) groups is 4. The number of anilines is 2. The predicted molar refractivity (Wildman–Crippen MR) is 124 cm³/mol. The standard InChI is InChI=1S/C25H24N2O6/c1-32-25(31)18-12-14-19(15-13-18)26-22(28)10-5-11-24(30)33-16-23(29)27-21-9-4-7-17-6-2-3-8-20(17)21/h2-4,6-9,12-15H,5,10-11,16H2,1H3,(H,26,28)(H,27,29). The lowest BCUT2D eigenvalue weighted by atomic mass is 10.1. The van der Waals surface area contributed by atoms with Gasteiger partial charge in [0.25, 0.3) is 5.91 Å². The second kappa shape index (κ2) is 11.4. The van der Waals surface area contributed by atoms with Crippen molar-refractivity contribution in [3.8, 4) is 0 Å². The molecular formula is C25H24N2O6. The monoisotopic (exact) mass is 448 g/mol. The van der Waals surface area contributed by atoms with Crippen LogP contribution in [0.1, 0.15) is 29.6 Å². The van der Waals surface area contributed by atoms with Gasteiger partial charge in [0, 0.05) is 29.6 Å². The van der Waals surface area contributed by atoms with Gasteiger partial charge in [-0.1, -0.05) is 36.4 Å². The normalized spacial score (nSPS) is 10.3. The van der Waals surface area contributed by atoms with Crippen molar-refractivity contribution in [2.45, 2.75) is 19.3 Å². The van der Waals surface area contributed by atoms with Crippen molar-refractivity contribution in [3.63, 3.8) is 0 Å². The molecule has 3 aromatic carbocycles. The molecule has 0 fully saturated rings. The number of rotatable bonds is 9. The lowest BCUT2D eigenvalue weighted by molar-refractivity contribution is -0.147. The van der Waals surface area contributed by atoms with Crippen LogP contribution in [0, 0.1) is 0 Å². The summed E-state index contributed by atoms with van der Waals surface area (Å²) in [5, 5.41) is 7.32. The quantitative estimate of drug-likeness (QED) is 0.480. The molecule has 0 aromatic heterocycles. The van der Waals surface area contributed by atoms with Crippen LogP contribution in [0.25, 0.3) is 10.8 Å². The van der Waals surface area contributed by atoms with Crippen LogP contribution < -0.4 is 10.6 Å². The Balaban J connectivity index is 1.36. The van der Waals surface area contributed by atoms with E-state index in [1.54, 1.807) is 30.3 Å². The summed E-state index contributed by atoms with van der Waals surface area (Å²) in [7, 11) is 1.29. The number of benzene rings is 3. The van der Waals surface area contributed by atoms with Crippen molar-refractivity contribution in [1.29, 1.82) is 0 Å². The van der Waals surface area contributed by atoms with E-state index in [1.165, 1.54) is 7.11 Å². The molecule has 0 saturated heterocycles. The van der Waals surface area contributed by atoms with E-state index >= 15 is 0 Å². The topological polar surface area (TPSA) is 111 Å². The predicted octanol–water partition coefficient (Wildman–Crippen LogP) is 3.92. The number of carbonyl (C=O) groups excluding carboxylic acids is 4. The zero-order chi connectivity index (χ0) is 23.6. The van der Waals surface area contributed by atoms with Gasteiger partial charge in [0.15, 0.2) is 6.61 Å². The van der Waals surface area contributed by atoms with Gasteiger partial charge in [0.2, 0.25) is 5.91 Å². The van der Waals surface area contributed by atoms with Crippen LogP contribution in [0.15, 0.2) is 66.7 Å². The van der Waals surface area contributed by atoms with Crippen LogP contribution in [-0.4, -0.2) is 37.5 Å². The fourth-order valence-corrected chi connectivity index (χ4v) is 3.16. The molecule has 0 atom stereocenters. The molecule has 0 spiro atoms. The minimum absolute atomic E-state index is 0.0102. The largest absolute Gasteiger partial charge is 0.465 e. The summed E-state index contributed by atoms with van der Waals surface area (Å²) in [5.41, 5.74) is 1.55. The van der Waals surface area contributed by atoms with Crippen LogP contribution in [0.2, 0.25) is 0 Å². The van der Waals surface area contributed by atoms with Crippen molar-refractivity contribution in [2.75, 3.05) is 24.4 Å². The van der Waals surface area contributed by atoms with E-state index in [0.29, 0.717) is 16.9 Å². The number of esters is 2. The highest BCUT2D eigenvalue weighted by atomic mass is 16.5. The molecule has 8 heteroatoms. The molecule has 33 heavy (non-hydrogen) atoms. The van der Waals surface area contributed by atoms with Gasteiger partial charge in [-0.05, 0) is 42.1 Å². The van der Waals surface area contributed by atoms with E-state index < -0.39 is 24.5 Å². The molecular weight excluding hydrogens is 424 g/mol. The molecule has 0 aliphatic carbocycles. The van der Waals surface area contributed by atoms with Crippen molar-refractivity contribution in [2.24, 2.45) is 0 Å². The van der Waals surface area contributed by atoms with E-state index in [2.05, 4.69) is 15.4 Å². The van der Waals surface area contributed by atoms with E-state index in [9.17, 15) is 19.2 Å². The van der Waals surface area contributed by atoms with Gasteiger partial charge in [0.05, 0.1) is 12.7 Å². The molecule has 0 bridgehead atoms.